The Balaban J connectivity index is 1.47. The second-order valence-corrected chi connectivity index (χ2v) is 13.2. The first kappa shape index (κ1) is 37.2. The van der Waals surface area contributed by atoms with Gasteiger partial charge in [0.25, 0.3) is 0 Å². The Labute approximate surface area is 282 Å². The lowest BCUT2D eigenvalue weighted by Crippen LogP contribution is -2.59. The highest BCUT2D eigenvalue weighted by Gasteiger charge is 2.43. The van der Waals surface area contributed by atoms with E-state index >= 15 is 0 Å². The van der Waals surface area contributed by atoms with Crippen LogP contribution in [0.5, 0.6) is 5.75 Å². The van der Waals surface area contributed by atoms with Crippen LogP contribution in [0.1, 0.15) is 62.0 Å². The molecule has 2 heterocycles. The van der Waals surface area contributed by atoms with Gasteiger partial charge in [0, 0.05) is 41.9 Å². The van der Waals surface area contributed by atoms with E-state index in [-0.39, 0.29) is 24.8 Å². The first-order chi connectivity index (χ1) is 22.9. The van der Waals surface area contributed by atoms with E-state index in [0.29, 0.717) is 41.8 Å². The molecule has 5 atom stereocenters. The molecule has 1 fully saturated rings. The van der Waals surface area contributed by atoms with Crippen LogP contribution in [0.2, 0.25) is 0 Å². The summed E-state index contributed by atoms with van der Waals surface area (Å²) in [5.74, 6) is 1.44. The normalized spacial score (nSPS) is 21.4. The van der Waals surface area contributed by atoms with Crippen molar-refractivity contribution < 1.29 is 44.2 Å². The van der Waals surface area contributed by atoms with Gasteiger partial charge in [0.05, 0.1) is 25.8 Å². The van der Waals surface area contributed by atoms with Crippen LogP contribution in [0.4, 0.5) is 0 Å². The highest BCUT2D eigenvalue weighted by atomic mass is 16.7. The lowest BCUT2D eigenvalue weighted by atomic mass is 9.99. The third-order valence-electron chi connectivity index (χ3n) is 8.63. The maximum atomic E-state index is 13.8. The lowest BCUT2D eigenvalue weighted by molar-refractivity contribution is -0.298. The van der Waals surface area contributed by atoms with E-state index in [9.17, 15) is 30.0 Å². The Bertz CT molecular complexity index is 1520. The number of hydrogen-bond acceptors (Lipinski definition) is 9. The molecule has 0 spiro atoms. The number of methoxy groups -OCH3 is 1. The highest BCUT2D eigenvalue weighted by Crippen LogP contribution is 2.28. The molecule has 1 aliphatic rings. The molecule has 0 saturated carbocycles. The van der Waals surface area contributed by atoms with E-state index in [4.69, 9.17) is 14.2 Å². The molecule has 4 rings (SSSR count). The minimum atomic E-state index is -1.51. The van der Waals surface area contributed by atoms with Crippen molar-refractivity contribution in [2.75, 3.05) is 33.4 Å². The van der Waals surface area contributed by atoms with Crippen molar-refractivity contribution in [2.24, 2.45) is 11.8 Å². The van der Waals surface area contributed by atoms with Crippen LogP contribution in [-0.2, 0) is 20.8 Å². The molecular weight excluding hydrogens is 616 g/mol. The summed E-state index contributed by atoms with van der Waals surface area (Å²) in [6, 6.07) is 12.6. The summed E-state index contributed by atoms with van der Waals surface area (Å²) >= 11 is 0. The third kappa shape index (κ3) is 9.31. The smallest absolute Gasteiger partial charge is 0.242 e. The van der Waals surface area contributed by atoms with Crippen LogP contribution in [-0.4, -0.2) is 106 Å². The quantitative estimate of drug-likeness (QED) is 0.168. The van der Waals surface area contributed by atoms with Crippen molar-refractivity contribution in [3.8, 4) is 5.75 Å². The summed E-state index contributed by atoms with van der Waals surface area (Å²) in [7, 11) is 1.59. The number of carbonyl (C=O) groups is 2. The molecule has 3 aromatic rings. The minimum Gasteiger partial charge on any atom is -0.497 e. The van der Waals surface area contributed by atoms with Gasteiger partial charge in [-0.05, 0) is 42.4 Å². The first-order valence-electron chi connectivity index (χ1n) is 16.6. The number of hydrogen-bond donors (Lipinski definition) is 4. The number of ether oxygens (including phenoxy) is 3. The molecule has 11 heteroatoms. The number of aliphatic hydroxyl groups is 4. The largest absolute Gasteiger partial charge is 0.497 e. The van der Waals surface area contributed by atoms with Crippen LogP contribution in [0.15, 0.2) is 54.7 Å². The van der Waals surface area contributed by atoms with Gasteiger partial charge in [-0.1, -0.05) is 64.1 Å². The third-order valence-corrected chi connectivity index (χ3v) is 8.63. The van der Waals surface area contributed by atoms with Crippen molar-refractivity contribution >= 4 is 28.7 Å². The Morgan fingerprint density at radius 1 is 0.958 bits per heavy atom. The molecule has 2 aromatic carbocycles. The average molecular weight is 667 g/mol. The molecule has 262 valence electrons. The van der Waals surface area contributed by atoms with E-state index in [1.54, 1.807) is 49.7 Å². The van der Waals surface area contributed by atoms with E-state index in [2.05, 4.69) is 27.7 Å². The van der Waals surface area contributed by atoms with Crippen LogP contribution in [0, 0.1) is 11.8 Å². The summed E-state index contributed by atoms with van der Waals surface area (Å²) in [4.78, 5) is 29.4. The Morgan fingerprint density at radius 3 is 2.23 bits per heavy atom. The van der Waals surface area contributed by atoms with E-state index < -0.39 is 37.3 Å². The van der Waals surface area contributed by atoms with Crippen molar-refractivity contribution in [3.05, 3.63) is 71.4 Å². The lowest BCUT2D eigenvalue weighted by Gasteiger charge is -2.39. The predicted molar refractivity (Wildman–Crippen MR) is 183 cm³/mol. The van der Waals surface area contributed by atoms with Crippen LogP contribution in [0.25, 0.3) is 17.0 Å². The molecule has 0 radical (unpaired) electrons. The van der Waals surface area contributed by atoms with E-state index in [1.165, 1.54) is 0 Å². The predicted octanol–water partition coefficient (Wildman–Crippen LogP) is 3.63. The van der Waals surface area contributed by atoms with Gasteiger partial charge in [-0.25, -0.2) is 0 Å². The van der Waals surface area contributed by atoms with Crippen LogP contribution < -0.4 is 4.74 Å². The zero-order chi connectivity index (χ0) is 35.0. The van der Waals surface area contributed by atoms with Gasteiger partial charge < -0.3 is 44.1 Å². The SMILES string of the molecule is COc1ccc2c(C(=O)c3ccc(/C=C/CO[C@H]4O[C@H](CO)[C@H](O)[C@H](O)[C@H]4O)cc3)cn(CC(=O)N(CCC(C)C)CCC(C)C)c2c1. The molecule has 0 aliphatic carbocycles. The van der Waals surface area contributed by atoms with Crippen molar-refractivity contribution in [1.29, 1.82) is 0 Å². The monoisotopic (exact) mass is 666 g/mol. The van der Waals surface area contributed by atoms with Gasteiger partial charge in [-0.15, -0.1) is 0 Å². The molecule has 0 bridgehead atoms. The summed E-state index contributed by atoms with van der Waals surface area (Å²) in [6.45, 7) is 9.60. The molecule has 1 aromatic heterocycles. The number of nitrogens with zero attached hydrogens (tertiary/aromatic N) is 2. The number of carbonyl (C=O) groups excluding carboxylic acids is 2. The first-order valence-corrected chi connectivity index (χ1v) is 16.6. The van der Waals surface area contributed by atoms with Gasteiger partial charge in [-0.2, -0.15) is 0 Å². The fraction of sp³-hybridized carbons (Fsp3) is 0.514. The summed E-state index contributed by atoms with van der Waals surface area (Å²) in [5.41, 5.74) is 2.52. The molecule has 1 aliphatic heterocycles. The zero-order valence-corrected chi connectivity index (χ0v) is 28.5. The fourth-order valence-electron chi connectivity index (χ4n) is 5.59. The number of benzene rings is 2. The van der Waals surface area contributed by atoms with Crippen molar-refractivity contribution in [2.45, 2.75) is 77.8 Å². The van der Waals surface area contributed by atoms with Gasteiger partial charge in [0.2, 0.25) is 5.91 Å². The van der Waals surface area contributed by atoms with Crippen molar-refractivity contribution in [1.82, 2.24) is 9.47 Å². The van der Waals surface area contributed by atoms with Crippen LogP contribution >= 0.6 is 0 Å². The number of ketones is 1. The number of amides is 1. The van der Waals surface area contributed by atoms with Gasteiger partial charge >= 0.3 is 0 Å². The maximum absolute atomic E-state index is 13.8. The molecule has 4 N–H and O–H groups in total. The highest BCUT2D eigenvalue weighted by molar-refractivity contribution is 6.16. The molecular formula is C37H50N2O9. The van der Waals surface area contributed by atoms with Gasteiger partial charge in [0.1, 0.15) is 36.7 Å². The Hall–Kier alpha value is -3.58. The van der Waals surface area contributed by atoms with Crippen molar-refractivity contribution in [3.63, 3.8) is 0 Å². The van der Waals surface area contributed by atoms with Gasteiger partial charge in [-0.3, -0.25) is 9.59 Å². The second-order valence-electron chi connectivity index (χ2n) is 13.2. The molecule has 1 saturated heterocycles. The number of fused-ring (bicyclic) bond motifs is 1. The zero-order valence-electron chi connectivity index (χ0n) is 28.5. The maximum Gasteiger partial charge on any atom is 0.242 e. The van der Waals surface area contributed by atoms with Gasteiger partial charge in [0.15, 0.2) is 12.1 Å². The standard InChI is InChI=1S/C37H50N2O9/c1-23(2)14-16-38(17-15-24(3)4)32(41)21-39-20-29(28-13-12-27(46-5)19-30(28)39)33(42)26-10-8-25(9-11-26)7-6-18-47-37-36(45)35(44)34(43)31(22-40)48-37/h6-13,19-20,23-24,31,34-37,40,43-45H,14-18,21-22H2,1-5H3/b7-6+/t31-,34+,35+,36-,37+/m1/s1. The van der Waals surface area contributed by atoms with Crippen LogP contribution in [0.3, 0.4) is 0 Å². The number of aliphatic hydroxyl groups excluding tert-OH is 4. The summed E-state index contributed by atoms with van der Waals surface area (Å²) in [5, 5.41) is 40.1. The number of rotatable bonds is 16. The number of aromatic nitrogens is 1. The second kappa shape index (κ2) is 17.2. The Kier molecular flexibility index (Phi) is 13.3. The fourth-order valence-corrected chi connectivity index (χ4v) is 5.59. The molecule has 1 amide bonds. The summed E-state index contributed by atoms with van der Waals surface area (Å²) in [6.07, 6.45) is 0.364. The molecule has 11 nitrogen and oxygen atoms in total. The Morgan fingerprint density at radius 2 is 1.62 bits per heavy atom. The van der Waals surface area contributed by atoms with E-state index in [0.717, 1.165) is 29.3 Å². The molecule has 0 unspecified atom stereocenters. The summed E-state index contributed by atoms with van der Waals surface area (Å²) < 4.78 is 18.2. The molecule has 48 heavy (non-hydrogen) atoms. The topological polar surface area (TPSA) is 151 Å². The average Bonchev–Trinajstić information content (AvgIpc) is 3.43. The minimum absolute atomic E-state index is 0.0154. The van der Waals surface area contributed by atoms with E-state index in [1.807, 2.05) is 27.7 Å².